The van der Waals surface area contributed by atoms with Crippen molar-refractivity contribution < 1.29 is 4.79 Å². The summed E-state index contributed by atoms with van der Waals surface area (Å²) in [5.41, 5.74) is 4.67. The van der Waals surface area contributed by atoms with E-state index in [0.29, 0.717) is 13.0 Å². The second kappa shape index (κ2) is 9.69. The molecular weight excluding hydrogens is 336 g/mol. The average Bonchev–Trinajstić information content (AvgIpc) is 3.20. The van der Waals surface area contributed by atoms with E-state index in [9.17, 15) is 4.79 Å². The molecule has 0 saturated heterocycles. The van der Waals surface area contributed by atoms with Gasteiger partial charge in [0.1, 0.15) is 0 Å². The standard InChI is InChI=1S/C22H26N4O/c1-23-12-4-7-22(27)25-15-20-5-2-3-6-21(20)19-10-8-18(9-11-19)16-26-14-13-24-17-26/h2-3,5-6,8-11,13-14,17,23H,4,7,12,15-16H2,1H3,(H,25,27). The molecule has 0 bridgehead atoms. The van der Waals surface area contributed by atoms with E-state index < -0.39 is 0 Å². The highest BCUT2D eigenvalue weighted by molar-refractivity contribution is 5.76. The van der Waals surface area contributed by atoms with Crippen molar-refractivity contribution in [1.29, 1.82) is 0 Å². The summed E-state index contributed by atoms with van der Waals surface area (Å²) < 4.78 is 2.05. The third-order valence-corrected chi connectivity index (χ3v) is 4.51. The summed E-state index contributed by atoms with van der Waals surface area (Å²) in [5, 5.41) is 6.09. The minimum atomic E-state index is 0.0933. The first-order valence-electron chi connectivity index (χ1n) is 9.30. The molecule has 140 valence electrons. The highest BCUT2D eigenvalue weighted by Gasteiger charge is 2.07. The maximum absolute atomic E-state index is 12.0. The predicted octanol–water partition coefficient (Wildman–Crippen LogP) is 3.21. The number of hydrogen-bond acceptors (Lipinski definition) is 3. The lowest BCUT2D eigenvalue weighted by atomic mass is 9.98. The molecule has 1 heterocycles. The fourth-order valence-electron chi connectivity index (χ4n) is 3.04. The smallest absolute Gasteiger partial charge is 0.220 e. The van der Waals surface area contributed by atoms with Gasteiger partial charge < -0.3 is 15.2 Å². The number of rotatable bonds is 9. The van der Waals surface area contributed by atoms with E-state index >= 15 is 0 Å². The Morgan fingerprint density at radius 3 is 2.67 bits per heavy atom. The second-order valence-corrected chi connectivity index (χ2v) is 6.57. The molecule has 3 aromatic rings. The molecule has 0 aliphatic rings. The van der Waals surface area contributed by atoms with Crippen molar-refractivity contribution in [1.82, 2.24) is 20.2 Å². The molecule has 3 rings (SSSR count). The van der Waals surface area contributed by atoms with Crippen molar-refractivity contribution in [3.8, 4) is 11.1 Å². The topological polar surface area (TPSA) is 59.0 Å². The zero-order valence-electron chi connectivity index (χ0n) is 15.7. The summed E-state index contributed by atoms with van der Waals surface area (Å²) in [6.45, 7) is 2.21. The van der Waals surface area contributed by atoms with Crippen molar-refractivity contribution in [2.45, 2.75) is 25.9 Å². The van der Waals surface area contributed by atoms with Crippen LogP contribution in [-0.4, -0.2) is 29.1 Å². The molecule has 0 saturated carbocycles. The summed E-state index contributed by atoms with van der Waals surface area (Å²) in [5.74, 6) is 0.0933. The molecule has 5 heteroatoms. The van der Waals surface area contributed by atoms with Gasteiger partial charge in [0.25, 0.3) is 0 Å². The molecule has 0 atom stereocenters. The normalized spacial score (nSPS) is 10.7. The molecule has 2 aromatic carbocycles. The zero-order chi connectivity index (χ0) is 18.9. The van der Waals surface area contributed by atoms with Crippen LogP contribution in [0.2, 0.25) is 0 Å². The monoisotopic (exact) mass is 362 g/mol. The molecule has 27 heavy (non-hydrogen) atoms. The third-order valence-electron chi connectivity index (χ3n) is 4.51. The van der Waals surface area contributed by atoms with Gasteiger partial charge in [-0.15, -0.1) is 0 Å². The average molecular weight is 362 g/mol. The number of carbonyl (C=O) groups is 1. The number of hydrogen-bond donors (Lipinski definition) is 2. The Morgan fingerprint density at radius 1 is 1.11 bits per heavy atom. The van der Waals surface area contributed by atoms with Gasteiger partial charge in [0.2, 0.25) is 5.91 Å². The van der Waals surface area contributed by atoms with Crippen molar-refractivity contribution in [3.05, 3.63) is 78.4 Å². The molecule has 5 nitrogen and oxygen atoms in total. The number of nitrogens with one attached hydrogen (secondary N) is 2. The maximum Gasteiger partial charge on any atom is 0.220 e. The Balaban J connectivity index is 1.65. The Kier molecular flexibility index (Phi) is 6.77. The molecule has 2 N–H and O–H groups in total. The molecule has 0 radical (unpaired) electrons. The van der Waals surface area contributed by atoms with Gasteiger partial charge in [-0.1, -0.05) is 48.5 Å². The molecular formula is C22H26N4O. The number of amides is 1. The van der Waals surface area contributed by atoms with Crippen LogP contribution >= 0.6 is 0 Å². The maximum atomic E-state index is 12.0. The minimum Gasteiger partial charge on any atom is -0.352 e. The van der Waals surface area contributed by atoms with Gasteiger partial charge in [-0.3, -0.25) is 4.79 Å². The van der Waals surface area contributed by atoms with E-state index in [1.54, 1.807) is 6.20 Å². The zero-order valence-corrected chi connectivity index (χ0v) is 15.7. The largest absolute Gasteiger partial charge is 0.352 e. The Bertz CT molecular complexity index is 841. The molecule has 0 spiro atoms. The Morgan fingerprint density at radius 2 is 1.93 bits per heavy atom. The van der Waals surface area contributed by atoms with Crippen molar-refractivity contribution >= 4 is 5.91 Å². The van der Waals surface area contributed by atoms with Crippen molar-refractivity contribution in [2.24, 2.45) is 0 Å². The first-order valence-corrected chi connectivity index (χ1v) is 9.30. The lowest BCUT2D eigenvalue weighted by Gasteiger charge is -2.12. The van der Waals surface area contributed by atoms with Crippen molar-refractivity contribution in [2.75, 3.05) is 13.6 Å². The Labute approximate surface area is 160 Å². The van der Waals surface area contributed by atoms with Crippen LogP contribution in [0.3, 0.4) is 0 Å². The summed E-state index contributed by atoms with van der Waals surface area (Å²) in [6.07, 6.45) is 6.97. The predicted molar refractivity (Wildman–Crippen MR) is 108 cm³/mol. The summed E-state index contributed by atoms with van der Waals surface area (Å²) in [7, 11) is 1.90. The molecule has 0 aliphatic heterocycles. The first-order chi connectivity index (χ1) is 13.3. The second-order valence-electron chi connectivity index (χ2n) is 6.57. The quantitative estimate of drug-likeness (QED) is 0.575. The van der Waals surface area contributed by atoms with Gasteiger partial charge in [-0.05, 0) is 42.3 Å². The Hall–Kier alpha value is -2.92. The van der Waals surface area contributed by atoms with Gasteiger partial charge in [0.15, 0.2) is 0 Å². The summed E-state index contributed by atoms with van der Waals surface area (Å²) >= 11 is 0. The van der Waals surface area contributed by atoms with Crippen LogP contribution in [0.15, 0.2) is 67.3 Å². The van der Waals surface area contributed by atoms with Crippen LogP contribution < -0.4 is 10.6 Å². The van der Waals surface area contributed by atoms with Crippen molar-refractivity contribution in [3.63, 3.8) is 0 Å². The van der Waals surface area contributed by atoms with E-state index in [1.807, 2.05) is 36.3 Å². The van der Waals surface area contributed by atoms with E-state index in [4.69, 9.17) is 0 Å². The SMILES string of the molecule is CNCCCC(=O)NCc1ccccc1-c1ccc(Cn2ccnc2)cc1. The number of carbonyl (C=O) groups excluding carboxylic acids is 1. The van der Waals surface area contributed by atoms with Gasteiger partial charge in [0, 0.05) is 31.9 Å². The molecule has 1 aromatic heterocycles. The fraction of sp³-hybridized carbons (Fsp3) is 0.273. The molecule has 1 amide bonds. The number of nitrogens with zero attached hydrogens (tertiary/aromatic N) is 2. The van der Waals surface area contributed by atoms with E-state index in [1.165, 1.54) is 5.56 Å². The van der Waals surface area contributed by atoms with Gasteiger partial charge in [0.05, 0.1) is 6.33 Å². The lowest BCUT2D eigenvalue weighted by molar-refractivity contribution is -0.121. The van der Waals surface area contributed by atoms with Gasteiger partial charge >= 0.3 is 0 Å². The van der Waals surface area contributed by atoms with Crippen LogP contribution in [0.1, 0.15) is 24.0 Å². The van der Waals surface area contributed by atoms with Gasteiger partial charge in [-0.2, -0.15) is 0 Å². The molecule has 0 unspecified atom stereocenters. The van der Waals surface area contributed by atoms with E-state index in [2.05, 4.69) is 52.0 Å². The minimum absolute atomic E-state index is 0.0933. The molecule has 0 aliphatic carbocycles. The molecule has 0 fully saturated rings. The number of imidazole rings is 1. The summed E-state index contributed by atoms with van der Waals surface area (Å²) in [6, 6.07) is 16.8. The van der Waals surface area contributed by atoms with Crippen LogP contribution in [0.5, 0.6) is 0 Å². The van der Waals surface area contributed by atoms with Crippen LogP contribution in [0.4, 0.5) is 0 Å². The summed E-state index contributed by atoms with van der Waals surface area (Å²) in [4.78, 5) is 16.1. The van der Waals surface area contributed by atoms with Crippen LogP contribution in [-0.2, 0) is 17.9 Å². The highest BCUT2D eigenvalue weighted by atomic mass is 16.1. The van der Waals surface area contributed by atoms with E-state index in [0.717, 1.165) is 36.2 Å². The van der Waals surface area contributed by atoms with E-state index in [-0.39, 0.29) is 5.91 Å². The van der Waals surface area contributed by atoms with Crippen LogP contribution in [0, 0.1) is 0 Å². The van der Waals surface area contributed by atoms with Crippen LogP contribution in [0.25, 0.3) is 11.1 Å². The first kappa shape index (κ1) is 18.9. The number of benzene rings is 2. The third kappa shape index (κ3) is 5.53. The lowest BCUT2D eigenvalue weighted by Crippen LogP contribution is -2.23. The number of aromatic nitrogens is 2. The fourth-order valence-corrected chi connectivity index (χ4v) is 3.04. The highest BCUT2D eigenvalue weighted by Crippen LogP contribution is 2.24. The van der Waals surface area contributed by atoms with Gasteiger partial charge in [-0.25, -0.2) is 4.98 Å².